The van der Waals surface area contributed by atoms with Gasteiger partial charge in [0.2, 0.25) is 0 Å². The number of likely N-dealkylation sites (N-methyl/N-ethyl adjacent to an activating group) is 1. The normalized spacial score (nSPS) is 12.1. The molecule has 1 heterocycles. The summed E-state index contributed by atoms with van der Waals surface area (Å²) >= 11 is 0. The largest absolute Gasteiger partial charge is 0.497 e. The number of amides is 1. The van der Waals surface area contributed by atoms with E-state index in [0.29, 0.717) is 23.5 Å². The Kier molecular flexibility index (Phi) is 6.29. The topological polar surface area (TPSA) is 59.4 Å². The van der Waals surface area contributed by atoms with E-state index in [1.54, 1.807) is 23.9 Å². The van der Waals surface area contributed by atoms with Crippen LogP contribution in [-0.4, -0.2) is 48.3 Å². The van der Waals surface area contributed by atoms with Crippen LogP contribution in [-0.2, 0) is 0 Å². The molecule has 1 N–H and O–H groups in total. The summed E-state index contributed by atoms with van der Waals surface area (Å²) in [7, 11) is 5.57. The predicted molar refractivity (Wildman–Crippen MR) is 110 cm³/mol. The van der Waals surface area contributed by atoms with E-state index in [2.05, 4.69) is 15.3 Å². The van der Waals surface area contributed by atoms with Gasteiger partial charge in [0.05, 0.1) is 36.3 Å². The SMILES string of the molecule is COc1ccc(C(CNC(=O)c2cnn(-c3ccc(F)cc3)c2C)N(C)C)cc1. The van der Waals surface area contributed by atoms with E-state index in [1.165, 1.54) is 18.3 Å². The van der Waals surface area contributed by atoms with E-state index in [1.807, 2.05) is 45.3 Å². The van der Waals surface area contributed by atoms with Gasteiger partial charge < -0.3 is 15.0 Å². The van der Waals surface area contributed by atoms with Crippen molar-refractivity contribution in [3.63, 3.8) is 0 Å². The van der Waals surface area contributed by atoms with Gasteiger partial charge in [-0.2, -0.15) is 5.10 Å². The van der Waals surface area contributed by atoms with Crippen molar-refractivity contribution in [3.8, 4) is 11.4 Å². The molecule has 1 amide bonds. The Morgan fingerprint density at radius 1 is 1.17 bits per heavy atom. The molecule has 1 aromatic heterocycles. The maximum absolute atomic E-state index is 13.2. The van der Waals surface area contributed by atoms with Crippen molar-refractivity contribution in [1.82, 2.24) is 20.0 Å². The number of ether oxygens (including phenoxy) is 1. The molecule has 7 heteroatoms. The van der Waals surface area contributed by atoms with Crippen molar-refractivity contribution < 1.29 is 13.9 Å². The number of methoxy groups -OCH3 is 1. The molecular weight excluding hydrogens is 371 g/mol. The molecule has 0 bridgehead atoms. The number of rotatable bonds is 7. The maximum Gasteiger partial charge on any atom is 0.254 e. The third-order valence-electron chi connectivity index (χ3n) is 4.91. The molecule has 6 nitrogen and oxygen atoms in total. The van der Waals surface area contributed by atoms with Crippen LogP contribution in [0.25, 0.3) is 5.69 Å². The van der Waals surface area contributed by atoms with Crippen molar-refractivity contribution in [2.24, 2.45) is 0 Å². The first-order chi connectivity index (χ1) is 13.9. The van der Waals surface area contributed by atoms with Crippen LogP contribution in [0, 0.1) is 12.7 Å². The molecule has 1 atom stereocenters. The Morgan fingerprint density at radius 3 is 2.41 bits per heavy atom. The summed E-state index contributed by atoms with van der Waals surface area (Å²) in [5.74, 6) is 0.278. The Labute approximate surface area is 169 Å². The second-order valence-corrected chi connectivity index (χ2v) is 6.99. The highest BCUT2D eigenvalue weighted by molar-refractivity contribution is 5.95. The first-order valence-electron chi connectivity index (χ1n) is 9.30. The molecular formula is C22H25FN4O2. The first kappa shape index (κ1) is 20.5. The summed E-state index contributed by atoms with van der Waals surface area (Å²) in [6.07, 6.45) is 1.53. The van der Waals surface area contributed by atoms with Crippen LogP contribution in [0.2, 0.25) is 0 Å². The second-order valence-electron chi connectivity index (χ2n) is 6.99. The van der Waals surface area contributed by atoms with Crippen LogP contribution in [0.1, 0.15) is 27.7 Å². The minimum Gasteiger partial charge on any atom is -0.497 e. The highest BCUT2D eigenvalue weighted by atomic mass is 19.1. The van der Waals surface area contributed by atoms with Crippen LogP contribution >= 0.6 is 0 Å². The molecule has 0 saturated carbocycles. The lowest BCUT2D eigenvalue weighted by atomic mass is 10.1. The molecule has 29 heavy (non-hydrogen) atoms. The Morgan fingerprint density at radius 2 is 1.83 bits per heavy atom. The van der Waals surface area contributed by atoms with Gasteiger partial charge in [-0.25, -0.2) is 9.07 Å². The van der Waals surface area contributed by atoms with E-state index in [9.17, 15) is 9.18 Å². The fourth-order valence-corrected chi connectivity index (χ4v) is 3.18. The summed E-state index contributed by atoms with van der Waals surface area (Å²) in [5, 5.41) is 7.28. The highest BCUT2D eigenvalue weighted by Crippen LogP contribution is 2.21. The van der Waals surface area contributed by atoms with Gasteiger partial charge in [-0.05, 0) is 63.0 Å². The van der Waals surface area contributed by atoms with Crippen molar-refractivity contribution >= 4 is 5.91 Å². The third kappa shape index (κ3) is 4.63. The van der Waals surface area contributed by atoms with Crippen molar-refractivity contribution in [2.75, 3.05) is 27.7 Å². The van der Waals surface area contributed by atoms with Gasteiger partial charge in [0.25, 0.3) is 5.91 Å². The number of hydrogen-bond donors (Lipinski definition) is 1. The molecule has 152 valence electrons. The number of carbonyl (C=O) groups is 1. The van der Waals surface area contributed by atoms with Gasteiger partial charge in [0.1, 0.15) is 11.6 Å². The molecule has 1 unspecified atom stereocenters. The molecule has 0 aliphatic rings. The number of hydrogen-bond acceptors (Lipinski definition) is 4. The summed E-state index contributed by atoms with van der Waals surface area (Å²) in [6.45, 7) is 2.26. The zero-order valence-electron chi connectivity index (χ0n) is 17.0. The van der Waals surface area contributed by atoms with Crippen LogP contribution in [0.5, 0.6) is 5.75 Å². The maximum atomic E-state index is 13.2. The van der Waals surface area contributed by atoms with Gasteiger partial charge in [-0.15, -0.1) is 0 Å². The van der Waals surface area contributed by atoms with Crippen LogP contribution in [0.4, 0.5) is 4.39 Å². The van der Waals surface area contributed by atoms with E-state index in [4.69, 9.17) is 4.74 Å². The number of halogens is 1. The predicted octanol–water partition coefficient (Wildman–Crippen LogP) is 3.36. The van der Waals surface area contributed by atoms with Gasteiger partial charge in [-0.1, -0.05) is 12.1 Å². The van der Waals surface area contributed by atoms with E-state index < -0.39 is 0 Å². The Balaban J connectivity index is 1.72. The van der Waals surface area contributed by atoms with Gasteiger partial charge in [0, 0.05) is 6.54 Å². The van der Waals surface area contributed by atoms with Crippen LogP contribution in [0.3, 0.4) is 0 Å². The molecule has 0 fully saturated rings. The fourth-order valence-electron chi connectivity index (χ4n) is 3.18. The monoisotopic (exact) mass is 396 g/mol. The summed E-state index contributed by atoms with van der Waals surface area (Å²) in [5.41, 5.74) is 2.96. The molecule has 0 radical (unpaired) electrons. The third-order valence-corrected chi connectivity index (χ3v) is 4.91. The second kappa shape index (κ2) is 8.87. The average Bonchev–Trinajstić information content (AvgIpc) is 3.10. The molecule has 0 aliphatic carbocycles. The van der Waals surface area contributed by atoms with Crippen molar-refractivity contribution in [1.29, 1.82) is 0 Å². The number of aromatic nitrogens is 2. The number of nitrogens with zero attached hydrogens (tertiary/aromatic N) is 3. The smallest absolute Gasteiger partial charge is 0.254 e. The number of nitrogens with one attached hydrogen (secondary N) is 1. The standard InChI is InChI=1S/C22H25FN4O2/c1-15-20(13-25-27(15)18-9-7-17(23)8-10-18)22(28)24-14-21(26(2)3)16-5-11-19(29-4)12-6-16/h5-13,21H,14H2,1-4H3,(H,24,28). The minimum atomic E-state index is -0.315. The van der Waals surface area contributed by atoms with Crippen molar-refractivity contribution in [2.45, 2.75) is 13.0 Å². The lowest BCUT2D eigenvalue weighted by Gasteiger charge is -2.25. The van der Waals surface area contributed by atoms with E-state index in [-0.39, 0.29) is 17.8 Å². The number of benzene rings is 2. The van der Waals surface area contributed by atoms with Gasteiger partial charge in [-0.3, -0.25) is 4.79 Å². The van der Waals surface area contributed by atoms with Gasteiger partial charge >= 0.3 is 0 Å². The Hall–Kier alpha value is -3.19. The molecule has 0 aliphatic heterocycles. The summed E-state index contributed by atoms with van der Waals surface area (Å²) < 4.78 is 20.0. The highest BCUT2D eigenvalue weighted by Gasteiger charge is 2.19. The summed E-state index contributed by atoms with van der Waals surface area (Å²) in [6, 6.07) is 13.8. The quantitative estimate of drug-likeness (QED) is 0.665. The zero-order chi connectivity index (χ0) is 21.0. The van der Waals surface area contributed by atoms with E-state index >= 15 is 0 Å². The molecule has 0 spiro atoms. The van der Waals surface area contributed by atoms with Crippen molar-refractivity contribution in [3.05, 3.63) is 77.4 Å². The average molecular weight is 396 g/mol. The minimum absolute atomic E-state index is 0.0114. The fraction of sp³-hybridized carbons (Fsp3) is 0.273. The molecule has 0 saturated heterocycles. The van der Waals surface area contributed by atoms with Gasteiger partial charge in [0.15, 0.2) is 0 Å². The van der Waals surface area contributed by atoms with Crippen LogP contribution < -0.4 is 10.1 Å². The summed E-state index contributed by atoms with van der Waals surface area (Å²) in [4.78, 5) is 14.8. The Bertz CT molecular complexity index is 965. The zero-order valence-corrected chi connectivity index (χ0v) is 17.0. The molecule has 2 aromatic carbocycles. The number of carbonyl (C=O) groups excluding carboxylic acids is 1. The first-order valence-corrected chi connectivity index (χ1v) is 9.30. The lowest BCUT2D eigenvalue weighted by Crippen LogP contribution is -2.34. The lowest BCUT2D eigenvalue weighted by molar-refractivity contribution is 0.0941. The van der Waals surface area contributed by atoms with E-state index in [0.717, 1.165) is 11.3 Å². The molecule has 3 rings (SSSR count). The molecule has 3 aromatic rings. The van der Waals surface area contributed by atoms with Crippen LogP contribution in [0.15, 0.2) is 54.7 Å².